The molecule has 0 atom stereocenters. The number of unbranched alkanes of at least 4 members (excludes halogenated alkanes) is 1. The van der Waals surface area contributed by atoms with Gasteiger partial charge in [0.25, 0.3) is 31.9 Å². The largest absolute Gasteiger partial charge is 0.495 e. The lowest BCUT2D eigenvalue weighted by atomic mass is 9.98. The van der Waals surface area contributed by atoms with Crippen molar-refractivity contribution in [2.24, 2.45) is 0 Å². The second-order valence-corrected chi connectivity index (χ2v) is 23.4. The van der Waals surface area contributed by atoms with Crippen LogP contribution in [-0.2, 0) is 42.4 Å². The first-order chi connectivity index (χ1) is 39.6. The van der Waals surface area contributed by atoms with E-state index in [9.17, 15) is 31.2 Å². The third kappa shape index (κ3) is 14.3. The van der Waals surface area contributed by atoms with Gasteiger partial charge in [-0.05, 0) is 152 Å². The first-order valence-corrected chi connectivity index (χ1v) is 30.4. The number of aryl methyl sites for hydroxylation is 2. The van der Waals surface area contributed by atoms with Gasteiger partial charge < -0.3 is 38.5 Å². The number of ether oxygens (including phenoxy) is 4. The molecule has 0 aromatic heterocycles. The molecule has 0 spiro atoms. The number of methoxy groups -OCH3 is 1. The van der Waals surface area contributed by atoms with Gasteiger partial charge >= 0.3 is 5.97 Å². The number of piperazine rings is 2. The van der Waals surface area contributed by atoms with Crippen LogP contribution in [0.5, 0.6) is 23.0 Å². The molecule has 9 rings (SSSR count). The fourth-order valence-electron chi connectivity index (χ4n) is 9.96. The van der Waals surface area contributed by atoms with Crippen LogP contribution in [0.3, 0.4) is 0 Å². The first kappa shape index (κ1) is 58.1. The Kier molecular flexibility index (Phi) is 18.7. The van der Waals surface area contributed by atoms with Crippen molar-refractivity contribution in [1.29, 1.82) is 0 Å². The van der Waals surface area contributed by atoms with E-state index in [1.54, 1.807) is 61.1 Å². The number of esters is 1. The number of sulfonamides is 2. The van der Waals surface area contributed by atoms with Gasteiger partial charge in [-0.25, -0.2) is 21.6 Å². The SMILES string of the molecule is CCCCc1ccc(NS(=O)(=O)c2ccc(Cc3ccc(N4CCN(C(=O)c5cc(S(=O)(=O)Nc6ccc(OCC(=O)OCC)cc6)ccc5C)CC4)c(OC)c3)c(C(=O)N3CCN(c4ccccc4Oc4ccccc4)CC3)c2)cc1. The Morgan fingerprint density at radius 1 is 0.549 bits per heavy atom. The molecular formula is C63H68N6O11S2. The van der Waals surface area contributed by atoms with Gasteiger partial charge in [0, 0.05) is 74.9 Å². The molecule has 0 radical (unpaired) electrons. The molecule has 428 valence electrons. The van der Waals surface area contributed by atoms with Crippen molar-refractivity contribution < 1.29 is 50.2 Å². The topological polar surface area (TPSA) is 193 Å². The summed E-state index contributed by atoms with van der Waals surface area (Å²) in [5.74, 6) is 1.28. The molecule has 2 fully saturated rings. The number of carbonyl (C=O) groups excluding carboxylic acids is 3. The summed E-state index contributed by atoms with van der Waals surface area (Å²) in [4.78, 5) is 48.3. The number of rotatable bonds is 22. The van der Waals surface area contributed by atoms with Crippen LogP contribution in [-0.4, -0.2) is 117 Å². The normalized spacial score (nSPS) is 13.8. The molecule has 2 heterocycles. The monoisotopic (exact) mass is 1150 g/mol. The molecule has 2 aliphatic rings. The Morgan fingerprint density at radius 3 is 1.71 bits per heavy atom. The van der Waals surface area contributed by atoms with Crippen LogP contribution in [0, 0.1) is 6.92 Å². The van der Waals surface area contributed by atoms with Crippen LogP contribution < -0.4 is 33.5 Å². The zero-order valence-corrected chi connectivity index (χ0v) is 48.1. The number of nitrogens with zero attached hydrogens (tertiary/aromatic N) is 4. The van der Waals surface area contributed by atoms with Gasteiger partial charge in [-0.15, -0.1) is 0 Å². The molecule has 2 saturated heterocycles. The van der Waals surface area contributed by atoms with Crippen LogP contribution in [0.15, 0.2) is 168 Å². The van der Waals surface area contributed by atoms with E-state index < -0.39 is 26.0 Å². The highest BCUT2D eigenvalue weighted by Crippen LogP contribution is 2.35. The molecule has 82 heavy (non-hydrogen) atoms. The van der Waals surface area contributed by atoms with Crippen molar-refractivity contribution in [2.75, 3.05) is 91.9 Å². The zero-order valence-electron chi connectivity index (χ0n) is 46.5. The molecule has 17 nitrogen and oxygen atoms in total. The number of amides is 2. The van der Waals surface area contributed by atoms with Gasteiger partial charge in [-0.3, -0.25) is 19.0 Å². The van der Waals surface area contributed by atoms with E-state index in [-0.39, 0.29) is 51.6 Å². The third-order valence-corrected chi connectivity index (χ3v) is 17.2. The van der Waals surface area contributed by atoms with Gasteiger partial charge in [0.1, 0.15) is 17.2 Å². The van der Waals surface area contributed by atoms with Crippen molar-refractivity contribution in [3.63, 3.8) is 0 Å². The lowest BCUT2D eigenvalue weighted by Crippen LogP contribution is -2.49. The average Bonchev–Trinajstić information content (AvgIpc) is 3.69. The van der Waals surface area contributed by atoms with Gasteiger partial charge in [-0.1, -0.05) is 74.0 Å². The predicted molar refractivity (Wildman–Crippen MR) is 318 cm³/mol. The van der Waals surface area contributed by atoms with Crippen molar-refractivity contribution >= 4 is 60.6 Å². The number of carbonyl (C=O) groups is 3. The summed E-state index contributed by atoms with van der Waals surface area (Å²) in [5.41, 5.74) is 6.18. The number of hydrogen-bond acceptors (Lipinski definition) is 13. The first-order valence-electron chi connectivity index (χ1n) is 27.4. The standard InChI is InChI=1S/C63H68N6O11S2/c1-5-7-13-46-19-23-49(24-20-46)64-82(75,76)54-30-22-48(56(43-54)63(72)69-38-32-66(33-39-69)57-16-11-12-17-59(57)80-52-14-9-8-10-15-52)40-47-21-31-58(60(41-47)77-4)67-34-36-68(37-35-67)62(71)55-42-53(29-18-45(55)3)81(73,74)65-50-25-27-51(28-26-50)79-44-61(70)78-6-2/h8-12,14-31,41-43,64-65H,5-7,13,32-40,44H2,1-4H3. The molecule has 7 aromatic carbocycles. The predicted octanol–water partition coefficient (Wildman–Crippen LogP) is 10.2. The second kappa shape index (κ2) is 26.4. The minimum atomic E-state index is -4.11. The van der Waals surface area contributed by atoms with E-state index in [1.165, 1.54) is 42.5 Å². The molecule has 0 aliphatic carbocycles. The van der Waals surface area contributed by atoms with Gasteiger partial charge in [-0.2, -0.15) is 0 Å². The van der Waals surface area contributed by atoms with Crippen LogP contribution in [0.25, 0.3) is 0 Å². The average molecular weight is 1150 g/mol. The molecule has 2 N–H and O–H groups in total. The molecule has 0 bridgehead atoms. The molecule has 0 unspecified atom stereocenters. The fraction of sp³-hybridized carbons (Fsp3) is 0.286. The summed E-state index contributed by atoms with van der Waals surface area (Å²) in [6, 6.07) is 45.9. The van der Waals surface area contributed by atoms with Crippen molar-refractivity contribution in [3.05, 3.63) is 191 Å². The summed E-state index contributed by atoms with van der Waals surface area (Å²) in [7, 11) is -6.62. The van der Waals surface area contributed by atoms with Crippen LogP contribution >= 0.6 is 0 Å². The Hall–Kier alpha value is -8.55. The number of benzene rings is 7. The Morgan fingerprint density at radius 2 is 1.10 bits per heavy atom. The molecule has 19 heteroatoms. The highest BCUT2D eigenvalue weighted by atomic mass is 32.2. The van der Waals surface area contributed by atoms with Gasteiger partial charge in [0.15, 0.2) is 12.4 Å². The van der Waals surface area contributed by atoms with E-state index in [4.69, 9.17) is 18.9 Å². The third-order valence-electron chi connectivity index (χ3n) is 14.5. The minimum Gasteiger partial charge on any atom is -0.495 e. The Bertz CT molecular complexity index is 3610. The highest BCUT2D eigenvalue weighted by Gasteiger charge is 2.30. The summed E-state index contributed by atoms with van der Waals surface area (Å²) in [6.07, 6.45) is 3.28. The summed E-state index contributed by atoms with van der Waals surface area (Å²) >= 11 is 0. The highest BCUT2D eigenvalue weighted by molar-refractivity contribution is 7.93. The maximum Gasteiger partial charge on any atom is 0.344 e. The Labute approximate surface area is 480 Å². The van der Waals surface area contributed by atoms with Crippen LogP contribution in [0.1, 0.15) is 69.7 Å². The zero-order chi connectivity index (χ0) is 57.8. The van der Waals surface area contributed by atoms with Crippen LogP contribution in [0.4, 0.5) is 22.7 Å². The molecule has 7 aromatic rings. The lowest BCUT2D eigenvalue weighted by Gasteiger charge is -2.37. The van der Waals surface area contributed by atoms with Crippen molar-refractivity contribution in [1.82, 2.24) is 9.80 Å². The number of hydrogen-bond donors (Lipinski definition) is 2. The number of anilines is 4. The minimum absolute atomic E-state index is 0.0319. The van der Waals surface area contributed by atoms with E-state index >= 15 is 0 Å². The number of para-hydroxylation sites is 3. The lowest BCUT2D eigenvalue weighted by molar-refractivity contribution is -0.145. The maximum absolute atomic E-state index is 14.8. The molecule has 2 amide bonds. The second-order valence-electron chi connectivity index (χ2n) is 20.0. The summed E-state index contributed by atoms with van der Waals surface area (Å²) in [5, 5.41) is 0. The number of nitrogens with one attached hydrogen (secondary N) is 2. The summed E-state index contributed by atoms with van der Waals surface area (Å²) < 4.78 is 83.1. The molecule has 0 saturated carbocycles. The van der Waals surface area contributed by atoms with Crippen molar-refractivity contribution in [2.45, 2.75) is 56.2 Å². The van der Waals surface area contributed by atoms with E-state index in [1.807, 2.05) is 84.9 Å². The smallest absolute Gasteiger partial charge is 0.344 e. The van der Waals surface area contributed by atoms with Gasteiger partial charge in [0.2, 0.25) is 0 Å². The van der Waals surface area contributed by atoms with Gasteiger partial charge in [0.05, 0.1) is 34.9 Å². The summed E-state index contributed by atoms with van der Waals surface area (Å²) in [6.45, 7) is 8.99. The molecular weight excluding hydrogens is 1080 g/mol. The van der Waals surface area contributed by atoms with E-state index in [2.05, 4.69) is 26.2 Å². The quantitative estimate of drug-likeness (QED) is 0.0610. The Balaban J connectivity index is 0.885. The van der Waals surface area contributed by atoms with E-state index in [0.29, 0.717) is 92.8 Å². The maximum atomic E-state index is 14.8. The fourth-order valence-corrected chi connectivity index (χ4v) is 12.1. The van der Waals surface area contributed by atoms with Crippen molar-refractivity contribution in [3.8, 4) is 23.0 Å². The van der Waals surface area contributed by atoms with E-state index in [0.717, 1.165) is 47.5 Å². The molecule has 2 aliphatic heterocycles. The van der Waals surface area contributed by atoms with Crippen LogP contribution in [0.2, 0.25) is 0 Å².